The third-order valence-corrected chi connectivity index (χ3v) is 2.60. The van der Waals surface area contributed by atoms with E-state index in [4.69, 9.17) is 0 Å². The van der Waals surface area contributed by atoms with Crippen LogP contribution in [0.15, 0.2) is 0 Å². The van der Waals surface area contributed by atoms with E-state index in [9.17, 15) is 13.6 Å². The van der Waals surface area contributed by atoms with Crippen LogP contribution in [0.1, 0.15) is 12.8 Å². The topological polar surface area (TPSA) is 32.3 Å². The molecule has 1 aliphatic heterocycles. The predicted molar refractivity (Wildman–Crippen MR) is 49.2 cm³/mol. The predicted octanol–water partition coefficient (Wildman–Crippen LogP) is 0.709. The van der Waals surface area contributed by atoms with E-state index in [1.165, 1.54) is 0 Å². The number of amides is 1. The van der Waals surface area contributed by atoms with Gasteiger partial charge in [-0.1, -0.05) is 0 Å². The number of nitrogens with zero attached hydrogens (tertiary/aromatic N) is 1. The molecule has 1 amide bonds. The minimum Gasteiger partial charge on any atom is -0.351 e. The van der Waals surface area contributed by atoms with Crippen molar-refractivity contribution in [1.82, 2.24) is 10.2 Å². The summed E-state index contributed by atoms with van der Waals surface area (Å²) >= 11 is 0. The third-order valence-electron chi connectivity index (χ3n) is 2.60. The number of carbonyl (C=O) groups is 1. The fourth-order valence-corrected chi connectivity index (χ4v) is 1.59. The molecular weight excluding hydrogens is 190 g/mol. The van der Waals surface area contributed by atoms with E-state index in [1.807, 2.05) is 7.05 Å². The number of piperidine rings is 1. The molecule has 0 radical (unpaired) electrons. The highest BCUT2D eigenvalue weighted by atomic mass is 19.3. The van der Waals surface area contributed by atoms with E-state index in [1.54, 1.807) is 0 Å². The number of hydrogen-bond acceptors (Lipinski definition) is 2. The van der Waals surface area contributed by atoms with Gasteiger partial charge in [-0.15, -0.1) is 0 Å². The van der Waals surface area contributed by atoms with Crippen molar-refractivity contribution in [3.05, 3.63) is 0 Å². The van der Waals surface area contributed by atoms with Crippen LogP contribution in [-0.2, 0) is 4.79 Å². The average Bonchev–Trinajstić information content (AvgIpc) is 2.16. The highest BCUT2D eigenvalue weighted by Gasteiger charge is 2.19. The second kappa shape index (κ2) is 5.24. The first-order valence-corrected chi connectivity index (χ1v) is 4.84. The number of rotatable bonds is 3. The van der Waals surface area contributed by atoms with Crippen molar-refractivity contribution in [1.29, 1.82) is 0 Å². The molecule has 1 heterocycles. The van der Waals surface area contributed by atoms with Gasteiger partial charge < -0.3 is 10.2 Å². The SMILES string of the molecule is CN1CCC(CNC(=O)C(F)F)CC1. The second-order valence-corrected chi connectivity index (χ2v) is 3.79. The van der Waals surface area contributed by atoms with Crippen LogP contribution < -0.4 is 5.32 Å². The maximum Gasteiger partial charge on any atom is 0.315 e. The minimum atomic E-state index is -2.89. The molecule has 0 aromatic carbocycles. The lowest BCUT2D eigenvalue weighted by Gasteiger charge is -2.28. The number of alkyl halides is 2. The summed E-state index contributed by atoms with van der Waals surface area (Å²) in [4.78, 5) is 12.8. The fourth-order valence-electron chi connectivity index (χ4n) is 1.59. The Hall–Kier alpha value is -0.710. The van der Waals surface area contributed by atoms with Gasteiger partial charge >= 0.3 is 6.43 Å². The van der Waals surface area contributed by atoms with Crippen LogP contribution in [0.4, 0.5) is 8.78 Å². The Kier molecular flexibility index (Phi) is 4.25. The monoisotopic (exact) mass is 206 g/mol. The molecule has 0 spiro atoms. The van der Waals surface area contributed by atoms with Crippen LogP contribution in [0.2, 0.25) is 0 Å². The van der Waals surface area contributed by atoms with Gasteiger partial charge in [-0.2, -0.15) is 8.78 Å². The zero-order valence-electron chi connectivity index (χ0n) is 8.30. The van der Waals surface area contributed by atoms with E-state index < -0.39 is 12.3 Å². The van der Waals surface area contributed by atoms with Crippen molar-refractivity contribution in [2.24, 2.45) is 5.92 Å². The van der Waals surface area contributed by atoms with Gasteiger partial charge in [0.15, 0.2) is 0 Å². The van der Waals surface area contributed by atoms with Crippen LogP contribution in [0.25, 0.3) is 0 Å². The quantitative estimate of drug-likeness (QED) is 0.737. The van der Waals surface area contributed by atoms with Gasteiger partial charge in [-0.25, -0.2) is 0 Å². The lowest BCUT2D eigenvalue weighted by atomic mass is 9.97. The van der Waals surface area contributed by atoms with Crippen LogP contribution >= 0.6 is 0 Å². The molecule has 1 N–H and O–H groups in total. The largest absolute Gasteiger partial charge is 0.351 e. The standard InChI is InChI=1S/C9H16F2N2O/c1-13-4-2-7(3-5-13)6-12-9(14)8(10)11/h7-8H,2-6H2,1H3,(H,12,14). The first-order valence-electron chi connectivity index (χ1n) is 4.84. The molecule has 14 heavy (non-hydrogen) atoms. The Morgan fingerprint density at radius 2 is 2.07 bits per heavy atom. The molecule has 5 heteroatoms. The normalized spacial score (nSPS) is 20.0. The molecule has 0 aromatic heterocycles. The summed E-state index contributed by atoms with van der Waals surface area (Å²) in [5.74, 6) is -0.794. The summed E-state index contributed by atoms with van der Waals surface area (Å²) in [6.07, 6.45) is -0.943. The van der Waals surface area contributed by atoms with E-state index in [0.717, 1.165) is 25.9 Å². The van der Waals surface area contributed by atoms with Crippen LogP contribution in [0.3, 0.4) is 0 Å². The molecule has 0 unspecified atom stereocenters. The molecule has 0 aromatic rings. The number of likely N-dealkylation sites (tertiary alicyclic amines) is 1. The molecule has 3 nitrogen and oxygen atoms in total. The van der Waals surface area contributed by atoms with Gasteiger partial charge in [-0.05, 0) is 38.9 Å². The summed E-state index contributed by atoms with van der Waals surface area (Å²) in [6.45, 7) is 2.35. The van der Waals surface area contributed by atoms with E-state index in [0.29, 0.717) is 12.5 Å². The molecule has 0 atom stereocenters. The lowest BCUT2D eigenvalue weighted by molar-refractivity contribution is -0.131. The molecule has 1 saturated heterocycles. The highest BCUT2D eigenvalue weighted by Crippen LogP contribution is 2.14. The molecular formula is C9H16F2N2O. The van der Waals surface area contributed by atoms with E-state index >= 15 is 0 Å². The molecule has 0 bridgehead atoms. The van der Waals surface area contributed by atoms with Gasteiger partial charge in [0.25, 0.3) is 5.91 Å². The Labute approximate surface area is 82.5 Å². The number of carbonyl (C=O) groups excluding carboxylic acids is 1. The van der Waals surface area contributed by atoms with Crippen molar-refractivity contribution < 1.29 is 13.6 Å². The van der Waals surface area contributed by atoms with Crippen LogP contribution in [-0.4, -0.2) is 43.9 Å². The molecule has 1 fully saturated rings. The summed E-state index contributed by atoms with van der Waals surface area (Å²) in [7, 11) is 2.04. The Morgan fingerprint density at radius 3 is 2.57 bits per heavy atom. The van der Waals surface area contributed by atoms with Crippen LogP contribution in [0, 0.1) is 5.92 Å². The zero-order chi connectivity index (χ0) is 10.6. The first kappa shape index (κ1) is 11.4. The lowest BCUT2D eigenvalue weighted by Crippen LogP contribution is -2.38. The van der Waals surface area contributed by atoms with Gasteiger partial charge in [0.05, 0.1) is 0 Å². The Balaban J connectivity index is 2.16. The average molecular weight is 206 g/mol. The highest BCUT2D eigenvalue weighted by molar-refractivity contribution is 5.78. The number of halogens is 2. The molecule has 0 aliphatic carbocycles. The van der Waals surface area contributed by atoms with E-state index in [-0.39, 0.29) is 0 Å². The van der Waals surface area contributed by atoms with Crippen molar-refractivity contribution in [2.45, 2.75) is 19.3 Å². The summed E-state index contributed by atoms with van der Waals surface area (Å²) < 4.78 is 23.6. The summed E-state index contributed by atoms with van der Waals surface area (Å²) in [5, 5.41) is 2.26. The first-order chi connectivity index (χ1) is 6.59. The van der Waals surface area contributed by atoms with Gasteiger partial charge in [0.1, 0.15) is 0 Å². The smallest absolute Gasteiger partial charge is 0.315 e. The van der Waals surface area contributed by atoms with Crippen LogP contribution in [0.5, 0.6) is 0 Å². The van der Waals surface area contributed by atoms with Gasteiger partial charge in [0.2, 0.25) is 0 Å². The van der Waals surface area contributed by atoms with Crippen molar-refractivity contribution in [2.75, 3.05) is 26.7 Å². The van der Waals surface area contributed by atoms with Crippen molar-refractivity contribution >= 4 is 5.91 Å². The fraction of sp³-hybridized carbons (Fsp3) is 0.889. The molecule has 1 aliphatic rings. The summed E-state index contributed by atoms with van der Waals surface area (Å²) in [5.41, 5.74) is 0. The Morgan fingerprint density at radius 1 is 1.50 bits per heavy atom. The van der Waals surface area contributed by atoms with Gasteiger partial charge in [0, 0.05) is 6.54 Å². The van der Waals surface area contributed by atoms with Crippen molar-refractivity contribution in [3.63, 3.8) is 0 Å². The Bertz CT molecular complexity index is 191. The number of nitrogens with one attached hydrogen (secondary N) is 1. The van der Waals surface area contributed by atoms with Crippen molar-refractivity contribution in [3.8, 4) is 0 Å². The minimum absolute atomic E-state index is 0.355. The third kappa shape index (κ3) is 3.57. The summed E-state index contributed by atoms with van der Waals surface area (Å²) in [6, 6.07) is 0. The zero-order valence-corrected chi connectivity index (χ0v) is 8.30. The maximum atomic E-state index is 11.8. The molecule has 1 rings (SSSR count). The molecule has 0 saturated carbocycles. The van der Waals surface area contributed by atoms with Gasteiger partial charge in [-0.3, -0.25) is 4.79 Å². The number of hydrogen-bond donors (Lipinski definition) is 1. The maximum absolute atomic E-state index is 11.8. The second-order valence-electron chi connectivity index (χ2n) is 3.79. The molecule has 82 valence electrons. The van der Waals surface area contributed by atoms with E-state index in [2.05, 4.69) is 10.2 Å².